The average molecular weight is 462 g/mol. The summed E-state index contributed by atoms with van der Waals surface area (Å²) in [4.78, 5) is 33.0. The predicted molar refractivity (Wildman–Crippen MR) is 132 cm³/mol. The highest BCUT2D eigenvalue weighted by molar-refractivity contribution is 7.99. The van der Waals surface area contributed by atoms with Gasteiger partial charge in [-0.25, -0.2) is 4.98 Å². The Morgan fingerprint density at radius 3 is 2.69 bits per heavy atom. The first-order valence-corrected chi connectivity index (χ1v) is 12.5. The zero-order valence-corrected chi connectivity index (χ0v) is 19.4. The van der Waals surface area contributed by atoms with E-state index in [4.69, 9.17) is 4.98 Å². The number of aromatic nitrogens is 2. The van der Waals surface area contributed by atoms with Crippen molar-refractivity contribution in [2.45, 2.75) is 37.8 Å². The van der Waals surface area contributed by atoms with Crippen LogP contribution < -0.4 is 10.9 Å². The molecule has 0 spiro atoms. The fraction of sp³-hybridized carbons (Fsp3) is 0.240. The summed E-state index contributed by atoms with van der Waals surface area (Å²) < 4.78 is 1.70. The Bertz CT molecular complexity index is 1340. The number of hydrogen-bond donors (Lipinski definition) is 1. The molecule has 2 aromatic carbocycles. The Balaban J connectivity index is 1.41. The Hall–Kier alpha value is -2.90. The summed E-state index contributed by atoms with van der Waals surface area (Å²) >= 11 is 3.09. The average Bonchev–Trinajstić information content (AvgIpc) is 3.37. The molecule has 5 nitrogen and oxygen atoms in total. The Morgan fingerprint density at radius 1 is 1.12 bits per heavy atom. The van der Waals surface area contributed by atoms with Gasteiger partial charge in [0.15, 0.2) is 5.16 Å². The fourth-order valence-corrected chi connectivity index (χ4v) is 6.27. The van der Waals surface area contributed by atoms with Crippen LogP contribution in [0.3, 0.4) is 0 Å². The van der Waals surface area contributed by atoms with Gasteiger partial charge in [0.05, 0.1) is 11.1 Å². The topological polar surface area (TPSA) is 64.0 Å². The van der Waals surface area contributed by atoms with Crippen LogP contribution in [0, 0.1) is 6.92 Å². The van der Waals surface area contributed by atoms with Gasteiger partial charge in [-0.15, -0.1) is 11.3 Å². The van der Waals surface area contributed by atoms with Crippen LogP contribution in [-0.4, -0.2) is 21.2 Å². The number of carbonyl (C=O) groups is 1. The number of thiophene rings is 1. The Morgan fingerprint density at radius 2 is 1.91 bits per heavy atom. The lowest BCUT2D eigenvalue weighted by atomic mass is 10.2. The van der Waals surface area contributed by atoms with E-state index in [0.717, 1.165) is 46.4 Å². The van der Waals surface area contributed by atoms with Crippen molar-refractivity contribution in [2.24, 2.45) is 0 Å². The molecule has 0 fully saturated rings. The quantitative estimate of drug-likeness (QED) is 0.310. The standard InChI is InChI=1S/C25H23N3O2S2/c1-16-10-12-17(13-11-16)26-21(29)14-15-31-25-27-23-22(19-8-5-9-20(19)32-23)24(30)28(25)18-6-3-2-4-7-18/h2-4,6-7,10-13H,5,8-9,14-15H2,1H3,(H,26,29). The highest BCUT2D eigenvalue weighted by Crippen LogP contribution is 2.36. The third-order valence-electron chi connectivity index (χ3n) is 5.62. The number of amides is 1. The van der Waals surface area contributed by atoms with Crippen molar-refractivity contribution in [2.75, 3.05) is 11.1 Å². The normalized spacial score (nSPS) is 12.8. The van der Waals surface area contributed by atoms with Crippen molar-refractivity contribution in [3.05, 3.63) is 81.0 Å². The SMILES string of the molecule is Cc1ccc(NC(=O)CCSc2nc3sc4c(c3c(=O)n2-c2ccccc2)CCC4)cc1. The third-order valence-corrected chi connectivity index (χ3v) is 7.74. The van der Waals surface area contributed by atoms with Crippen molar-refractivity contribution >= 4 is 44.9 Å². The largest absolute Gasteiger partial charge is 0.326 e. The molecule has 4 aromatic rings. The van der Waals surface area contributed by atoms with Gasteiger partial charge in [0, 0.05) is 22.7 Å². The zero-order chi connectivity index (χ0) is 22.1. The molecule has 1 amide bonds. The molecule has 2 aromatic heterocycles. The first-order chi connectivity index (χ1) is 15.6. The van der Waals surface area contributed by atoms with Crippen LogP contribution in [0.25, 0.3) is 15.9 Å². The molecule has 32 heavy (non-hydrogen) atoms. The molecule has 1 N–H and O–H groups in total. The van der Waals surface area contributed by atoms with Gasteiger partial charge in [0.2, 0.25) is 5.91 Å². The van der Waals surface area contributed by atoms with Crippen LogP contribution in [0.2, 0.25) is 0 Å². The number of hydrogen-bond acceptors (Lipinski definition) is 5. The maximum absolute atomic E-state index is 13.6. The van der Waals surface area contributed by atoms with Crippen LogP contribution in [0.15, 0.2) is 64.5 Å². The molecule has 1 aliphatic rings. The molecule has 0 atom stereocenters. The smallest absolute Gasteiger partial charge is 0.267 e. The first-order valence-electron chi connectivity index (χ1n) is 10.7. The van der Waals surface area contributed by atoms with Gasteiger partial charge in [-0.1, -0.05) is 47.7 Å². The molecule has 1 aliphatic carbocycles. The van der Waals surface area contributed by atoms with E-state index in [0.29, 0.717) is 17.3 Å². The van der Waals surface area contributed by atoms with Gasteiger partial charge in [-0.3, -0.25) is 14.2 Å². The van der Waals surface area contributed by atoms with Gasteiger partial charge in [0.25, 0.3) is 5.56 Å². The molecule has 162 valence electrons. The number of nitrogens with one attached hydrogen (secondary N) is 1. The molecule has 0 unspecified atom stereocenters. The first kappa shape index (κ1) is 21.0. The highest BCUT2D eigenvalue weighted by Gasteiger charge is 2.24. The van der Waals surface area contributed by atoms with Gasteiger partial charge < -0.3 is 5.32 Å². The molecule has 2 heterocycles. The van der Waals surface area contributed by atoms with Crippen molar-refractivity contribution in [1.82, 2.24) is 9.55 Å². The van der Waals surface area contributed by atoms with E-state index in [-0.39, 0.29) is 11.5 Å². The van der Waals surface area contributed by atoms with E-state index < -0.39 is 0 Å². The molecule has 5 rings (SSSR count). The van der Waals surface area contributed by atoms with Crippen LogP contribution >= 0.6 is 23.1 Å². The maximum Gasteiger partial charge on any atom is 0.267 e. The number of rotatable bonds is 6. The minimum Gasteiger partial charge on any atom is -0.326 e. The van der Waals surface area contributed by atoms with E-state index in [9.17, 15) is 9.59 Å². The molecule has 7 heteroatoms. The summed E-state index contributed by atoms with van der Waals surface area (Å²) in [6, 6.07) is 17.4. The van der Waals surface area contributed by atoms with Crippen molar-refractivity contribution < 1.29 is 4.79 Å². The molecule has 0 saturated carbocycles. The second-order valence-corrected chi connectivity index (χ2v) is 10.1. The second kappa shape index (κ2) is 8.92. The third kappa shape index (κ3) is 4.10. The second-order valence-electron chi connectivity index (χ2n) is 7.92. The van der Waals surface area contributed by atoms with Crippen molar-refractivity contribution in [3.8, 4) is 5.69 Å². The number of carbonyl (C=O) groups excluding carboxylic acids is 1. The fourth-order valence-electron chi connectivity index (χ4n) is 4.02. The Labute approximate surface area is 194 Å². The van der Waals surface area contributed by atoms with E-state index >= 15 is 0 Å². The zero-order valence-electron chi connectivity index (χ0n) is 17.8. The molecule has 0 saturated heterocycles. The number of para-hydroxylation sites is 1. The number of thioether (sulfide) groups is 1. The molecular formula is C25H23N3O2S2. The van der Waals surface area contributed by atoms with Gasteiger partial charge in [-0.05, 0) is 56.0 Å². The van der Waals surface area contributed by atoms with Gasteiger partial charge in [-0.2, -0.15) is 0 Å². The molecule has 0 radical (unpaired) electrons. The van der Waals surface area contributed by atoms with Gasteiger partial charge >= 0.3 is 0 Å². The van der Waals surface area contributed by atoms with Crippen molar-refractivity contribution in [1.29, 1.82) is 0 Å². The number of fused-ring (bicyclic) bond motifs is 3. The van der Waals surface area contributed by atoms with Crippen LogP contribution in [-0.2, 0) is 17.6 Å². The summed E-state index contributed by atoms with van der Waals surface area (Å²) in [5, 5.41) is 4.34. The number of anilines is 1. The van der Waals surface area contributed by atoms with Crippen LogP contribution in [0.4, 0.5) is 5.69 Å². The lowest BCUT2D eigenvalue weighted by Crippen LogP contribution is -2.22. The van der Waals surface area contributed by atoms with E-state index in [2.05, 4.69) is 5.32 Å². The lowest BCUT2D eigenvalue weighted by molar-refractivity contribution is -0.115. The summed E-state index contributed by atoms with van der Waals surface area (Å²) in [6.45, 7) is 2.01. The highest BCUT2D eigenvalue weighted by atomic mass is 32.2. The maximum atomic E-state index is 13.6. The summed E-state index contributed by atoms with van der Waals surface area (Å²) in [6.07, 6.45) is 3.42. The molecular weight excluding hydrogens is 438 g/mol. The van der Waals surface area contributed by atoms with E-state index in [1.807, 2.05) is 61.5 Å². The van der Waals surface area contributed by atoms with Crippen LogP contribution in [0.5, 0.6) is 0 Å². The van der Waals surface area contributed by atoms with E-state index in [1.54, 1.807) is 15.9 Å². The minimum atomic E-state index is -0.0499. The van der Waals surface area contributed by atoms with Gasteiger partial charge in [0.1, 0.15) is 4.83 Å². The summed E-state index contributed by atoms with van der Waals surface area (Å²) in [7, 11) is 0. The number of aryl methyl sites for hydroxylation is 3. The molecule has 0 bridgehead atoms. The molecule has 0 aliphatic heterocycles. The Kier molecular flexibility index (Phi) is 5.85. The van der Waals surface area contributed by atoms with Crippen molar-refractivity contribution in [3.63, 3.8) is 0 Å². The summed E-state index contributed by atoms with van der Waals surface area (Å²) in [5.74, 6) is 0.485. The monoisotopic (exact) mass is 461 g/mol. The predicted octanol–water partition coefficient (Wildman–Crippen LogP) is 5.37. The summed E-state index contributed by atoms with van der Waals surface area (Å²) in [5.41, 5.74) is 3.92. The number of benzene rings is 2. The minimum absolute atomic E-state index is 0.00722. The van der Waals surface area contributed by atoms with Crippen LogP contribution in [0.1, 0.15) is 28.8 Å². The number of nitrogens with zero attached hydrogens (tertiary/aromatic N) is 2. The lowest BCUT2D eigenvalue weighted by Gasteiger charge is -2.12. The van der Waals surface area contributed by atoms with E-state index in [1.165, 1.54) is 22.2 Å².